The van der Waals surface area contributed by atoms with Crippen molar-refractivity contribution in [1.82, 2.24) is 15.5 Å². The van der Waals surface area contributed by atoms with Crippen molar-refractivity contribution >= 4 is 17.7 Å². The number of nitrogens with one attached hydrogen (secondary N) is 2. The number of benzene rings is 2. The number of likely N-dealkylation sites (tertiary alicyclic amines) is 1. The number of ether oxygens (including phenoxy) is 1. The van der Waals surface area contributed by atoms with Gasteiger partial charge in [0.15, 0.2) is 0 Å². The SMILES string of the molecule is COc1ccc(C(=O)NCCCNC(=O)[C@H]2CCCN2C(=O)c2cc(C(F)(F)F)cc(C(F)(F)F)c2)cc1. The average molecular weight is 545 g/mol. The summed E-state index contributed by atoms with van der Waals surface area (Å²) < 4.78 is 84.1. The van der Waals surface area contributed by atoms with Gasteiger partial charge in [0, 0.05) is 30.8 Å². The largest absolute Gasteiger partial charge is 0.497 e. The monoisotopic (exact) mass is 545 g/mol. The fraction of sp³-hybridized carbons (Fsp3) is 0.400. The number of carbonyl (C=O) groups excluding carboxylic acids is 3. The second-order valence-corrected chi connectivity index (χ2v) is 8.58. The van der Waals surface area contributed by atoms with Gasteiger partial charge in [-0.3, -0.25) is 14.4 Å². The molecular formula is C25H25F6N3O4. The molecule has 0 aliphatic carbocycles. The minimum atomic E-state index is -5.10. The second-order valence-electron chi connectivity index (χ2n) is 8.58. The number of alkyl halides is 6. The molecule has 3 rings (SSSR count). The summed E-state index contributed by atoms with van der Waals surface area (Å²) in [6, 6.07) is 6.05. The van der Waals surface area contributed by atoms with Gasteiger partial charge in [-0.05, 0) is 61.7 Å². The summed E-state index contributed by atoms with van der Waals surface area (Å²) in [5.74, 6) is -1.41. The van der Waals surface area contributed by atoms with E-state index >= 15 is 0 Å². The highest BCUT2D eigenvalue weighted by molar-refractivity contribution is 5.98. The highest BCUT2D eigenvalue weighted by Gasteiger charge is 2.40. The highest BCUT2D eigenvalue weighted by Crippen LogP contribution is 2.37. The normalized spacial score (nSPS) is 15.8. The van der Waals surface area contributed by atoms with Gasteiger partial charge in [-0.15, -0.1) is 0 Å². The molecule has 0 aromatic heterocycles. The van der Waals surface area contributed by atoms with E-state index in [0.29, 0.717) is 36.3 Å². The fourth-order valence-corrected chi connectivity index (χ4v) is 3.99. The predicted molar refractivity (Wildman–Crippen MR) is 123 cm³/mol. The number of amides is 3. The van der Waals surface area contributed by atoms with Gasteiger partial charge in [0.2, 0.25) is 5.91 Å². The molecule has 2 aromatic carbocycles. The number of carbonyl (C=O) groups is 3. The van der Waals surface area contributed by atoms with Gasteiger partial charge in [-0.2, -0.15) is 26.3 Å². The van der Waals surface area contributed by atoms with Gasteiger partial charge in [0.05, 0.1) is 18.2 Å². The van der Waals surface area contributed by atoms with E-state index in [1.54, 1.807) is 24.3 Å². The van der Waals surface area contributed by atoms with E-state index in [9.17, 15) is 40.7 Å². The molecule has 1 fully saturated rings. The number of nitrogens with zero attached hydrogens (tertiary/aromatic N) is 1. The van der Waals surface area contributed by atoms with Crippen LogP contribution in [0.1, 0.15) is 51.1 Å². The molecule has 0 spiro atoms. The lowest BCUT2D eigenvalue weighted by Gasteiger charge is -2.25. The van der Waals surface area contributed by atoms with E-state index in [-0.39, 0.29) is 38.0 Å². The van der Waals surface area contributed by atoms with Crippen LogP contribution in [0.3, 0.4) is 0 Å². The summed E-state index contributed by atoms with van der Waals surface area (Å²) >= 11 is 0. The Bertz CT molecular complexity index is 1130. The molecule has 1 aliphatic rings. The number of hydrogen-bond acceptors (Lipinski definition) is 4. The lowest BCUT2D eigenvalue weighted by molar-refractivity contribution is -0.143. The first-order valence-electron chi connectivity index (χ1n) is 11.6. The average Bonchev–Trinajstić information content (AvgIpc) is 3.36. The second kappa shape index (κ2) is 11.7. The van der Waals surface area contributed by atoms with Crippen molar-refractivity contribution < 1.29 is 45.5 Å². The molecule has 38 heavy (non-hydrogen) atoms. The molecule has 13 heteroatoms. The minimum Gasteiger partial charge on any atom is -0.497 e. The molecule has 7 nitrogen and oxygen atoms in total. The zero-order chi connectivity index (χ0) is 28.1. The van der Waals surface area contributed by atoms with E-state index in [4.69, 9.17) is 4.74 Å². The smallest absolute Gasteiger partial charge is 0.416 e. The van der Waals surface area contributed by atoms with Gasteiger partial charge < -0.3 is 20.3 Å². The van der Waals surface area contributed by atoms with E-state index in [0.717, 1.165) is 4.90 Å². The van der Waals surface area contributed by atoms with Crippen molar-refractivity contribution in [1.29, 1.82) is 0 Å². The molecule has 0 saturated carbocycles. The van der Waals surface area contributed by atoms with Crippen molar-refractivity contribution in [2.24, 2.45) is 0 Å². The first-order chi connectivity index (χ1) is 17.8. The van der Waals surface area contributed by atoms with Crippen LogP contribution in [0, 0.1) is 0 Å². The molecule has 1 atom stereocenters. The van der Waals surface area contributed by atoms with Crippen LogP contribution in [0.25, 0.3) is 0 Å². The van der Waals surface area contributed by atoms with Crippen LogP contribution in [-0.4, -0.2) is 55.4 Å². The summed E-state index contributed by atoms with van der Waals surface area (Å²) in [6.07, 6.45) is -9.29. The predicted octanol–water partition coefficient (Wildman–Crippen LogP) is 4.27. The topological polar surface area (TPSA) is 87.7 Å². The van der Waals surface area contributed by atoms with Gasteiger partial charge in [-0.25, -0.2) is 0 Å². The highest BCUT2D eigenvalue weighted by atomic mass is 19.4. The van der Waals surface area contributed by atoms with Gasteiger partial charge in [-0.1, -0.05) is 0 Å². The summed E-state index contributed by atoms with van der Waals surface area (Å²) in [4.78, 5) is 38.7. The van der Waals surface area contributed by atoms with Crippen LogP contribution in [0.2, 0.25) is 0 Å². The van der Waals surface area contributed by atoms with E-state index in [1.165, 1.54) is 7.11 Å². The maximum absolute atomic E-state index is 13.2. The first-order valence-corrected chi connectivity index (χ1v) is 11.6. The van der Waals surface area contributed by atoms with Crippen LogP contribution in [0.5, 0.6) is 5.75 Å². The fourth-order valence-electron chi connectivity index (χ4n) is 3.99. The number of rotatable bonds is 8. The standard InChI is InChI=1S/C25H25F6N3O4/c1-38-19-7-5-15(6-8-19)21(35)32-9-3-10-33-22(36)20-4-2-11-34(20)23(37)16-12-17(24(26,27)28)14-18(13-16)25(29,30)31/h5-8,12-14,20H,2-4,9-11H2,1H3,(H,32,35)(H,33,36)/t20-/m1/s1. The maximum Gasteiger partial charge on any atom is 0.416 e. The Balaban J connectivity index is 1.57. The van der Waals surface area contributed by atoms with Crippen molar-refractivity contribution in [3.63, 3.8) is 0 Å². The number of methoxy groups -OCH3 is 1. The zero-order valence-electron chi connectivity index (χ0n) is 20.2. The summed E-state index contributed by atoms with van der Waals surface area (Å²) in [5, 5.41) is 5.28. The Morgan fingerprint density at radius 3 is 2.03 bits per heavy atom. The molecule has 0 radical (unpaired) electrons. The van der Waals surface area contributed by atoms with Crippen molar-refractivity contribution in [3.05, 3.63) is 64.7 Å². The third-order valence-electron chi connectivity index (χ3n) is 5.94. The lowest BCUT2D eigenvalue weighted by Crippen LogP contribution is -2.46. The van der Waals surface area contributed by atoms with Crippen LogP contribution < -0.4 is 15.4 Å². The molecule has 206 valence electrons. The molecule has 0 bridgehead atoms. The zero-order valence-corrected chi connectivity index (χ0v) is 20.2. The maximum atomic E-state index is 13.2. The van der Waals surface area contributed by atoms with E-state index < -0.39 is 46.9 Å². The molecule has 0 unspecified atom stereocenters. The van der Waals surface area contributed by atoms with Crippen molar-refractivity contribution in [3.8, 4) is 5.75 Å². The quantitative estimate of drug-likeness (QED) is 0.383. The molecule has 1 aliphatic heterocycles. The minimum absolute atomic E-state index is 0.00638. The first kappa shape index (κ1) is 28.8. The van der Waals surface area contributed by atoms with Crippen LogP contribution in [-0.2, 0) is 17.1 Å². The Kier molecular flexibility index (Phi) is 8.89. The van der Waals surface area contributed by atoms with Gasteiger partial charge >= 0.3 is 12.4 Å². The molecule has 1 saturated heterocycles. The van der Waals surface area contributed by atoms with Crippen LogP contribution in [0.15, 0.2) is 42.5 Å². The Morgan fingerprint density at radius 2 is 1.47 bits per heavy atom. The number of halogens is 6. The molecule has 2 N–H and O–H groups in total. The Labute approximate surface area is 214 Å². The summed E-state index contributed by atoms with van der Waals surface area (Å²) in [6.45, 7) is 0.359. The van der Waals surface area contributed by atoms with E-state index in [2.05, 4.69) is 10.6 Å². The molecular weight excluding hydrogens is 520 g/mol. The molecule has 2 aromatic rings. The number of hydrogen-bond donors (Lipinski definition) is 2. The lowest BCUT2D eigenvalue weighted by atomic mass is 10.0. The van der Waals surface area contributed by atoms with Gasteiger partial charge in [0.1, 0.15) is 11.8 Å². The summed E-state index contributed by atoms with van der Waals surface area (Å²) in [5.41, 5.74) is -3.59. The van der Waals surface area contributed by atoms with Crippen molar-refractivity contribution in [2.75, 3.05) is 26.7 Å². The van der Waals surface area contributed by atoms with Crippen LogP contribution in [0.4, 0.5) is 26.3 Å². The Hall–Kier alpha value is -3.77. The van der Waals surface area contributed by atoms with Crippen LogP contribution >= 0.6 is 0 Å². The molecule has 3 amide bonds. The van der Waals surface area contributed by atoms with Crippen molar-refractivity contribution in [2.45, 2.75) is 37.7 Å². The molecule has 1 heterocycles. The Morgan fingerprint density at radius 1 is 0.895 bits per heavy atom. The van der Waals surface area contributed by atoms with E-state index in [1.807, 2.05) is 0 Å². The van der Waals surface area contributed by atoms with Gasteiger partial charge in [0.25, 0.3) is 11.8 Å². The summed E-state index contributed by atoms with van der Waals surface area (Å²) in [7, 11) is 1.50. The third kappa shape index (κ3) is 7.17. The third-order valence-corrected chi connectivity index (χ3v) is 5.94.